The second-order valence-corrected chi connectivity index (χ2v) is 9.84. The molecule has 0 heterocycles. The molecule has 0 unspecified atom stereocenters. The Kier molecular flexibility index (Phi) is 7.26. The van der Waals surface area contributed by atoms with E-state index in [1.165, 1.54) is 33.4 Å². The van der Waals surface area contributed by atoms with Crippen LogP contribution in [0.25, 0.3) is 11.1 Å². The van der Waals surface area contributed by atoms with Crippen molar-refractivity contribution >= 4 is 5.78 Å². The number of ketones is 1. The third kappa shape index (κ3) is 5.56. The lowest BCUT2D eigenvalue weighted by Gasteiger charge is -2.26. The molecule has 152 valence electrons. The van der Waals surface area contributed by atoms with Crippen LogP contribution in [0.1, 0.15) is 102 Å². The highest BCUT2D eigenvalue weighted by Crippen LogP contribution is 2.36. The van der Waals surface area contributed by atoms with E-state index in [0.29, 0.717) is 18.3 Å². The molecular weight excluding hydrogens is 340 g/mol. The highest BCUT2D eigenvalue weighted by molar-refractivity contribution is 5.75. The molecule has 0 atom stereocenters. The van der Waals surface area contributed by atoms with Crippen molar-refractivity contribution in [3.63, 3.8) is 0 Å². The van der Waals surface area contributed by atoms with E-state index in [2.05, 4.69) is 84.9 Å². The van der Waals surface area contributed by atoms with Crippen molar-refractivity contribution in [3.8, 4) is 11.1 Å². The molecule has 2 aromatic rings. The summed E-state index contributed by atoms with van der Waals surface area (Å²) in [7, 11) is 0. The highest BCUT2D eigenvalue weighted by atomic mass is 16.1. The van der Waals surface area contributed by atoms with Gasteiger partial charge < -0.3 is 4.79 Å². The molecule has 28 heavy (non-hydrogen) atoms. The van der Waals surface area contributed by atoms with Crippen LogP contribution in [0.2, 0.25) is 0 Å². The molecule has 1 heteroatoms. The van der Waals surface area contributed by atoms with Gasteiger partial charge in [0.25, 0.3) is 0 Å². The van der Waals surface area contributed by atoms with Gasteiger partial charge in [0, 0.05) is 6.42 Å². The van der Waals surface area contributed by atoms with E-state index in [0.717, 1.165) is 12.8 Å². The van der Waals surface area contributed by atoms with Gasteiger partial charge in [0.2, 0.25) is 0 Å². The van der Waals surface area contributed by atoms with Gasteiger partial charge in [-0.3, -0.25) is 0 Å². The molecule has 0 aliphatic rings. The number of hydrogen-bond acceptors (Lipinski definition) is 1. The molecule has 2 aromatic carbocycles. The summed E-state index contributed by atoms with van der Waals surface area (Å²) in [4.78, 5) is 11.5. The number of carbonyl (C=O) groups excluding carboxylic acids is 1. The zero-order chi connectivity index (χ0) is 21.1. The van der Waals surface area contributed by atoms with E-state index in [1.807, 2.05) is 0 Å². The fourth-order valence-electron chi connectivity index (χ4n) is 3.84. The Hall–Kier alpha value is -1.89. The van der Waals surface area contributed by atoms with Crippen molar-refractivity contribution in [3.05, 3.63) is 58.7 Å². The lowest BCUT2D eigenvalue weighted by Crippen LogP contribution is -2.15. The zero-order valence-corrected chi connectivity index (χ0v) is 19.1. The van der Waals surface area contributed by atoms with Gasteiger partial charge in [0.05, 0.1) is 0 Å². The fraction of sp³-hybridized carbons (Fsp3) is 0.519. The summed E-state index contributed by atoms with van der Waals surface area (Å²) in [6.07, 6.45) is 2.52. The minimum atomic E-state index is 0.0815. The Morgan fingerprint density at radius 1 is 0.929 bits per heavy atom. The van der Waals surface area contributed by atoms with Crippen molar-refractivity contribution in [1.29, 1.82) is 0 Å². The lowest BCUT2D eigenvalue weighted by atomic mass is 9.79. The third-order valence-corrected chi connectivity index (χ3v) is 5.56. The average Bonchev–Trinajstić information content (AvgIpc) is 2.60. The molecule has 0 fully saturated rings. The molecule has 0 radical (unpaired) electrons. The van der Waals surface area contributed by atoms with E-state index < -0.39 is 0 Å². The summed E-state index contributed by atoms with van der Waals surface area (Å²) in [5.74, 6) is 1.28. The smallest absolute Gasteiger partial charge is 0.129 e. The minimum absolute atomic E-state index is 0.0815. The topological polar surface area (TPSA) is 17.1 Å². The molecule has 1 nitrogen and oxygen atoms in total. The van der Waals surface area contributed by atoms with Crippen LogP contribution in [0.5, 0.6) is 0 Å². The predicted molar refractivity (Wildman–Crippen MR) is 122 cm³/mol. The van der Waals surface area contributed by atoms with E-state index >= 15 is 0 Å². The molecule has 0 amide bonds. The van der Waals surface area contributed by atoms with Crippen LogP contribution in [0.4, 0.5) is 0 Å². The van der Waals surface area contributed by atoms with Gasteiger partial charge in [0.15, 0.2) is 0 Å². The summed E-state index contributed by atoms with van der Waals surface area (Å²) >= 11 is 0. The molecule has 0 saturated heterocycles. The summed E-state index contributed by atoms with van der Waals surface area (Å²) in [6.45, 7) is 17.6. The van der Waals surface area contributed by atoms with Crippen LogP contribution in [-0.4, -0.2) is 5.78 Å². The SMILES string of the molecule is CC(=O)CCCc1c(-c2cc(C(C)C)cc(C(C)C)c2)cccc1C(C)(C)C. The number of rotatable bonds is 7. The van der Waals surface area contributed by atoms with E-state index in [9.17, 15) is 4.79 Å². The molecule has 0 aliphatic carbocycles. The first-order valence-electron chi connectivity index (χ1n) is 10.8. The maximum atomic E-state index is 11.5. The largest absolute Gasteiger partial charge is 0.300 e. The van der Waals surface area contributed by atoms with Gasteiger partial charge in [-0.2, -0.15) is 0 Å². The first-order valence-corrected chi connectivity index (χ1v) is 10.8. The predicted octanol–water partition coefficient (Wildman–Crippen LogP) is 7.81. The summed E-state index contributed by atoms with van der Waals surface area (Å²) in [5.41, 5.74) is 8.34. The maximum Gasteiger partial charge on any atom is 0.129 e. The van der Waals surface area contributed by atoms with E-state index in [4.69, 9.17) is 0 Å². The molecule has 0 N–H and O–H groups in total. The Morgan fingerprint density at radius 3 is 1.96 bits per heavy atom. The second kappa shape index (κ2) is 9.07. The number of Topliss-reactive ketones (excluding diaryl/α,β-unsaturated/α-hetero) is 1. The summed E-state index contributed by atoms with van der Waals surface area (Å²) in [5, 5.41) is 0. The highest BCUT2D eigenvalue weighted by Gasteiger charge is 2.21. The molecule has 0 spiro atoms. The fourth-order valence-corrected chi connectivity index (χ4v) is 3.84. The van der Waals surface area contributed by atoms with Crippen molar-refractivity contribution in [2.24, 2.45) is 0 Å². The number of hydrogen-bond donors (Lipinski definition) is 0. The molecule has 0 saturated carbocycles. The van der Waals surface area contributed by atoms with Crippen LogP contribution >= 0.6 is 0 Å². The zero-order valence-electron chi connectivity index (χ0n) is 19.1. The molecular formula is C27H38O. The van der Waals surface area contributed by atoms with Crippen LogP contribution in [-0.2, 0) is 16.6 Å². The average molecular weight is 379 g/mol. The molecule has 2 rings (SSSR count). The Morgan fingerprint density at radius 2 is 1.50 bits per heavy atom. The van der Waals surface area contributed by atoms with Crippen LogP contribution < -0.4 is 0 Å². The quantitative estimate of drug-likeness (QED) is 0.480. The second-order valence-electron chi connectivity index (χ2n) is 9.84. The standard InChI is InChI=1S/C27H38O/c1-18(2)21-15-22(19(3)4)17-23(16-21)24-12-10-14-26(27(6,7)8)25(24)13-9-11-20(5)28/h10,12,14-19H,9,11,13H2,1-8H3. The molecule has 0 bridgehead atoms. The lowest BCUT2D eigenvalue weighted by molar-refractivity contribution is -0.117. The molecule has 0 aromatic heterocycles. The van der Waals surface area contributed by atoms with Crippen LogP contribution in [0, 0.1) is 0 Å². The van der Waals surface area contributed by atoms with Gasteiger partial charge in [0.1, 0.15) is 5.78 Å². The monoisotopic (exact) mass is 378 g/mol. The maximum absolute atomic E-state index is 11.5. The van der Waals surface area contributed by atoms with Gasteiger partial charge in [-0.1, -0.05) is 84.9 Å². The van der Waals surface area contributed by atoms with Gasteiger partial charge in [-0.25, -0.2) is 0 Å². The first-order chi connectivity index (χ1) is 13.0. The normalized spacial score (nSPS) is 12.1. The van der Waals surface area contributed by atoms with Gasteiger partial charge in [-0.15, -0.1) is 0 Å². The van der Waals surface area contributed by atoms with Crippen LogP contribution in [0.3, 0.4) is 0 Å². The number of carbonyl (C=O) groups is 1. The van der Waals surface area contributed by atoms with Crippen molar-refractivity contribution < 1.29 is 4.79 Å². The van der Waals surface area contributed by atoms with Gasteiger partial charge in [-0.05, 0) is 70.4 Å². The number of benzene rings is 2. The Balaban J connectivity index is 2.65. The Bertz CT molecular complexity index is 792. The third-order valence-electron chi connectivity index (χ3n) is 5.56. The van der Waals surface area contributed by atoms with E-state index in [1.54, 1.807) is 6.92 Å². The van der Waals surface area contributed by atoms with Crippen molar-refractivity contribution in [1.82, 2.24) is 0 Å². The van der Waals surface area contributed by atoms with Crippen molar-refractivity contribution in [2.45, 2.75) is 91.9 Å². The Labute approximate surface area is 172 Å². The minimum Gasteiger partial charge on any atom is -0.300 e. The first kappa shape index (κ1) is 22.4. The summed E-state index contributed by atoms with van der Waals surface area (Å²) < 4.78 is 0. The summed E-state index contributed by atoms with van der Waals surface area (Å²) in [6, 6.07) is 13.8. The van der Waals surface area contributed by atoms with Crippen LogP contribution in [0.15, 0.2) is 36.4 Å². The van der Waals surface area contributed by atoms with Gasteiger partial charge >= 0.3 is 0 Å². The molecule has 0 aliphatic heterocycles. The van der Waals surface area contributed by atoms with Crippen molar-refractivity contribution in [2.75, 3.05) is 0 Å². The van der Waals surface area contributed by atoms with E-state index in [-0.39, 0.29) is 11.2 Å².